The van der Waals surface area contributed by atoms with Crippen molar-refractivity contribution in [3.63, 3.8) is 0 Å². The molecule has 1 saturated carbocycles. The van der Waals surface area contributed by atoms with Crippen molar-refractivity contribution >= 4 is 44.0 Å². The summed E-state index contributed by atoms with van der Waals surface area (Å²) in [5.74, 6) is 1.15. The molecule has 0 radical (unpaired) electrons. The number of hydrogen-bond acceptors (Lipinski definition) is 8. The third-order valence-corrected chi connectivity index (χ3v) is 5.74. The van der Waals surface area contributed by atoms with Crippen molar-refractivity contribution in [2.24, 2.45) is 0 Å². The quantitative estimate of drug-likeness (QED) is 0.733. The second-order valence-electron chi connectivity index (χ2n) is 5.99. The first-order valence-electron chi connectivity index (χ1n) is 7.97. The van der Waals surface area contributed by atoms with E-state index in [0.717, 1.165) is 46.6 Å². The number of aromatic nitrogens is 3. The second kappa shape index (κ2) is 6.62. The van der Waals surface area contributed by atoms with Gasteiger partial charge in [-0.3, -0.25) is 0 Å². The third kappa shape index (κ3) is 3.35. The number of nitrogens with zero attached hydrogens (tertiary/aromatic N) is 3. The Bertz CT molecular complexity index is 840. The van der Waals surface area contributed by atoms with Crippen LogP contribution in [0, 0.1) is 6.92 Å². The smallest absolute Gasteiger partial charge is 0.236 e. The van der Waals surface area contributed by atoms with Gasteiger partial charge in [0.25, 0.3) is 0 Å². The highest BCUT2D eigenvalue weighted by Crippen LogP contribution is 2.33. The van der Waals surface area contributed by atoms with Crippen LogP contribution in [0.3, 0.4) is 0 Å². The van der Waals surface area contributed by atoms with E-state index in [1.54, 1.807) is 11.3 Å². The number of aliphatic hydroxyl groups excluding tert-OH is 1. The number of aryl methyl sites for hydroxylation is 1. The predicted octanol–water partition coefficient (Wildman–Crippen LogP) is 3.88. The molecule has 0 atom stereocenters. The van der Waals surface area contributed by atoms with E-state index in [2.05, 4.69) is 19.7 Å². The molecule has 0 spiro atoms. The van der Waals surface area contributed by atoms with Crippen LogP contribution < -0.4 is 10.1 Å². The molecule has 1 aliphatic rings. The number of ether oxygens (including phenoxy) is 1. The normalized spacial score (nSPS) is 21.1. The Morgan fingerprint density at radius 3 is 2.83 bits per heavy atom. The molecule has 0 unspecified atom stereocenters. The van der Waals surface area contributed by atoms with E-state index in [1.807, 2.05) is 24.4 Å². The van der Waals surface area contributed by atoms with Gasteiger partial charge in [0.05, 0.1) is 17.3 Å². The van der Waals surface area contributed by atoms with Gasteiger partial charge in [0, 0.05) is 0 Å². The van der Waals surface area contributed by atoms with Gasteiger partial charge >= 0.3 is 0 Å². The maximum absolute atomic E-state index is 9.65. The Hall–Kier alpha value is -1.77. The zero-order valence-electron chi connectivity index (χ0n) is 13.2. The van der Waals surface area contributed by atoms with E-state index in [1.165, 1.54) is 11.5 Å². The van der Waals surface area contributed by atoms with Crippen molar-refractivity contribution in [3.05, 3.63) is 23.2 Å². The summed E-state index contributed by atoms with van der Waals surface area (Å²) in [6.07, 6.45) is 3.20. The molecule has 0 aliphatic heterocycles. The highest BCUT2D eigenvalue weighted by Gasteiger charge is 2.22. The second-order valence-corrected chi connectivity index (χ2v) is 7.71. The molecule has 1 aliphatic carbocycles. The van der Waals surface area contributed by atoms with E-state index in [4.69, 9.17) is 4.74 Å². The Balaban J connectivity index is 1.60. The number of thiophene rings is 1. The number of rotatable bonds is 4. The first-order valence-corrected chi connectivity index (χ1v) is 9.63. The van der Waals surface area contributed by atoms with Crippen molar-refractivity contribution in [2.75, 3.05) is 5.32 Å². The largest absolute Gasteiger partial charge is 0.473 e. The summed E-state index contributed by atoms with van der Waals surface area (Å²) in [6.45, 7) is 1.96. The molecule has 3 heterocycles. The summed E-state index contributed by atoms with van der Waals surface area (Å²) in [5, 5.41) is 15.8. The maximum atomic E-state index is 9.65. The molecule has 1 fully saturated rings. The van der Waals surface area contributed by atoms with Gasteiger partial charge in [-0.05, 0) is 61.7 Å². The summed E-state index contributed by atoms with van der Waals surface area (Å²) in [4.78, 5) is 9.13. The molecular formula is C16H18N4O2S2. The van der Waals surface area contributed by atoms with Gasteiger partial charge in [-0.25, -0.2) is 4.98 Å². The topological polar surface area (TPSA) is 80.2 Å². The fourth-order valence-electron chi connectivity index (χ4n) is 2.83. The highest BCUT2D eigenvalue weighted by atomic mass is 32.1. The van der Waals surface area contributed by atoms with Crippen LogP contribution in [0.4, 0.5) is 10.9 Å². The molecule has 2 N–H and O–H groups in total. The zero-order valence-corrected chi connectivity index (χ0v) is 14.9. The van der Waals surface area contributed by atoms with Gasteiger partial charge in [0.15, 0.2) is 0 Å². The van der Waals surface area contributed by atoms with Crippen LogP contribution in [0.5, 0.6) is 5.88 Å². The predicted molar refractivity (Wildman–Crippen MR) is 96.4 cm³/mol. The Morgan fingerprint density at radius 1 is 1.25 bits per heavy atom. The van der Waals surface area contributed by atoms with E-state index < -0.39 is 0 Å². The average Bonchev–Trinajstić information content (AvgIpc) is 3.19. The lowest BCUT2D eigenvalue weighted by Gasteiger charge is -2.25. The standard InChI is InChI=1S/C16H18N4O2S2/c1-9-8-13(24-20-9)18-16-17-12-6-7-23-14(12)15(19-16)22-11-4-2-10(21)3-5-11/h6-8,10-11,21H,2-5H2,1H3,(H,17,18,19)/t10-,11-. The van der Waals surface area contributed by atoms with Gasteiger partial charge in [-0.2, -0.15) is 9.36 Å². The van der Waals surface area contributed by atoms with Crippen LogP contribution in [-0.2, 0) is 0 Å². The number of nitrogens with one attached hydrogen (secondary N) is 1. The molecular weight excluding hydrogens is 344 g/mol. The maximum Gasteiger partial charge on any atom is 0.236 e. The van der Waals surface area contributed by atoms with E-state index in [9.17, 15) is 5.11 Å². The summed E-state index contributed by atoms with van der Waals surface area (Å²) >= 11 is 2.97. The first-order chi connectivity index (χ1) is 11.7. The Labute approximate surface area is 147 Å². The van der Waals surface area contributed by atoms with Gasteiger partial charge in [0.1, 0.15) is 15.8 Å². The molecule has 6 nitrogen and oxygen atoms in total. The number of aliphatic hydroxyl groups is 1. The molecule has 3 aromatic heterocycles. The van der Waals surface area contributed by atoms with E-state index in [0.29, 0.717) is 11.8 Å². The van der Waals surface area contributed by atoms with Crippen LogP contribution in [0.15, 0.2) is 17.5 Å². The van der Waals surface area contributed by atoms with Gasteiger partial charge in [0.2, 0.25) is 11.8 Å². The molecule has 0 amide bonds. The molecule has 24 heavy (non-hydrogen) atoms. The Kier molecular flexibility index (Phi) is 4.34. The molecule has 0 saturated heterocycles. The zero-order chi connectivity index (χ0) is 16.5. The lowest BCUT2D eigenvalue weighted by molar-refractivity contribution is 0.0653. The SMILES string of the molecule is Cc1cc(Nc2nc(O[C@H]3CC[C@H](O)CC3)c3sccc3n2)sn1. The average molecular weight is 362 g/mol. The number of anilines is 2. The molecule has 0 aromatic carbocycles. The molecule has 4 rings (SSSR count). The van der Waals surface area contributed by atoms with Crippen LogP contribution in [0.1, 0.15) is 31.4 Å². The molecule has 126 valence electrons. The van der Waals surface area contributed by atoms with Gasteiger partial charge in [-0.1, -0.05) is 0 Å². The third-order valence-electron chi connectivity index (χ3n) is 4.06. The van der Waals surface area contributed by atoms with Crippen LogP contribution in [0.2, 0.25) is 0 Å². The minimum absolute atomic E-state index is 0.104. The molecule has 0 bridgehead atoms. The monoisotopic (exact) mass is 362 g/mol. The summed E-state index contributed by atoms with van der Waals surface area (Å²) in [7, 11) is 0. The molecule has 3 aromatic rings. The highest BCUT2D eigenvalue weighted by molar-refractivity contribution is 7.17. The van der Waals surface area contributed by atoms with Crippen LogP contribution in [0.25, 0.3) is 10.2 Å². The van der Waals surface area contributed by atoms with E-state index >= 15 is 0 Å². The first kappa shape index (κ1) is 15.7. The van der Waals surface area contributed by atoms with Crippen LogP contribution in [-0.4, -0.2) is 31.7 Å². The van der Waals surface area contributed by atoms with Crippen molar-refractivity contribution in [3.8, 4) is 5.88 Å². The summed E-state index contributed by atoms with van der Waals surface area (Å²) in [5.41, 5.74) is 1.85. The minimum Gasteiger partial charge on any atom is -0.473 e. The van der Waals surface area contributed by atoms with Crippen molar-refractivity contribution in [1.29, 1.82) is 0 Å². The van der Waals surface area contributed by atoms with E-state index in [-0.39, 0.29) is 12.2 Å². The Morgan fingerprint density at radius 2 is 2.08 bits per heavy atom. The lowest BCUT2D eigenvalue weighted by Crippen LogP contribution is -2.26. The van der Waals surface area contributed by atoms with Gasteiger partial charge in [-0.15, -0.1) is 11.3 Å². The van der Waals surface area contributed by atoms with Crippen molar-refractivity contribution in [1.82, 2.24) is 14.3 Å². The minimum atomic E-state index is -0.191. The molecule has 8 heteroatoms. The summed E-state index contributed by atoms with van der Waals surface area (Å²) < 4.78 is 11.4. The fraction of sp³-hybridized carbons (Fsp3) is 0.438. The summed E-state index contributed by atoms with van der Waals surface area (Å²) in [6, 6.07) is 3.94. The van der Waals surface area contributed by atoms with Crippen molar-refractivity contribution in [2.45, 2.75) is 44.8 Å². The fourth-order valence-corrected chi connectivity index (χ4v) is 4.24. The van der Waals surface area contributed by atoms with Gasteiger partial charge < -0.3 is 15.2 Å². The van der Waals surface area contributed by atoms with Crippen LogP contribution >= 0.6 is 22.9 Å². The number of fused-ring (bicyclic) bond motifs is 1. The van der Waals surface area contributed by atoms with Crippen molar-refractivity contribution < 1.29 is 9.84 Å². The lowest BCUT2D eigenvalue weighted by atomic mass is 9.95. The number of hydrogen-bond donors (Lipinski definition) is 2.